The Morgan fingerprint density at radius 2 is 2.00 bits per heavy atom. The predicted octanol–water partition coefficient (Wildman–Crippen LogP) is 3.10. The largest absolute Gasteiger partial charge is 0.330 e. The van der Waals surface area contributed by atoms with Crippen molar-refractivity contribution in [3.8, 4) is 0 Å². The van der Waals surface area contributed by atoms with E-state index in [1.165, 1.54) is 0 Å². The Labute approximate surface area is 122 Å². The summed E-state index contributed by atoms with van der Waals surface area (Å²) < 4.78 is 24.7. The fraction of sp³-hybridized carbons (Fsp3) is 0.625. The van der Waals surface area contributed by atoms with Crippen LogP contribution in [0.4, 0.5) is 0 Å². The van der Waals surface area contributed by atoms with Crippen LogP contribution in [-0.2, 0) is 9.84 Å². The molecule has 1 aliphatic rings. The molecule has 2 unspecified atom stereocenters. The Morgan fingerprint density at radius 1 is 1.30 bits per heavy atom. The van der Waals surface area contributed by atoms with Crippen molar-refractivity contribution in [2.75, 3.05) is 12.3 Å². The first kappa shape index (κ1) is 15.5. The zero-order chi connectivity index (χ0) is 14.8. The van der Waals surface area contributed by atoms with E-state index in [2.05, 4.69) is 13.8 Å². The fourth-order valence-electron chi connectivity index (χ4n) is 3.47. The highest BCUT2D eigenvalue weighted by Crippen LogP contribution is 2.49. The standard InChI is InChI=1S/C16H25NO2S/c1-3-5-10-16(4-2,12-17)14-11-20(18,19)15-9-7-6-8-13(14)15/h6-9,14H,3-5,10-12,17H2,1-2H3. The molecule has 1 aromatic carbocycles. The smallest absolute Gasteiger partial charge is 0.179 e. The van der Waals surface area contributed by atoms with Crippen LogP contribution in [0, 0.1) is 5.41 Å². The molecule has 0 fully saturated rings. The molecule has 3 nitrogen and oxygen atoms in total. The third-order valence-electron chi connectivity index (χ3n) is 4.89. The van der Waals surface area contributed by atoms with Gasteiger partial charge in [0, 0.05) is 5.92 Å². The molecule has 112 valence electrons. The van der Waals surface area contributed by atoms with E-state index in [0.717, 1.165) is 31.2 Å². The van der Waals surface area contributed by atoms with Crippen LogP contribution < -0.4 is 5.73 Å². The summed E-state index contributed by atoms with van der Waals surface area (Å²) in [5.41, 5.74) is 6.98. The van der Waals surface area contributed by atoms with Gasteiger partial charge in [-0.1, -0.05) is 44.9 Å². The van der Waals surface area contributed by atoms with Crippen molar-refractivity contribution in [1.82, 2.24) is 0 Å². The van der Waals surface area contributed by atoms with E-state index in [1.807, 2.05) is 12.1 Å². The van der Waals surface area contributed by atoms with Crippen LogP contribution in [0.15, 0.2) is 29.2 Å². The van der Waals surface area contributed by atoms with Crippen LogP contribution in [0.25, 0.3) is 0 Å². The molecule has 1 aliphatic heterocycles. The normalized spacial score (nSPS) is 23.2. The van der Waals surface area contributed by atoms with Crippen molar-refractivity contribution in [1.29, 1.82) is 0 Å². The number of unbranched alkanes of at least 4 members (excludes halogenated alkanes) is 1. The Kier molecular flexibility index (Phi) is 4.55. The lowest BCUT2D eigenvalue weighted by molar-refractivity contribution is 0.209. The van der Waals surface area contributed by atoms with Gasteiger partial charge >= 0.3 is 0 Å². The average molecular weight is 295 g/mol. The molecule has 0 saturated carbocycles. The highest BCUT2D eigenvalue weighted by Gasteiger charge is 2.45. The van der Waals surface area contributed by atoms with Gasteiger partial charge in [-0.05, 0) is 36.4 Å². The van der Waals surface area contributed by atoms with Crippen molar-refractivity contribution in [3.05, 3.63) is 29.8 Å². The van der Waals surface area contributed by atoms with Gasteiger partial charge < -0.3 is 5.73 Å². The topological polar surface area (TPSA) is 60.2 Å². The Bertz CT molecular complexity index is 562. The summed E-state index contributed by atoms with van der Waals surface area (Å²) in [6, 6.07) is 7.45. The van der Waals surface area contributed by atoms with Crippen LogP contribution in [0.3, 0.4) is 0 Å². The van der Waals surface area contributed by atoms with E-state index in [-0.39, 0.29) is 17.1 Å². The van der Waals surface area contributed by atoms with Crippen LogP contribution in [0.1, 0.15) is 51.0 Å². The van der Waals surface area contributed by atoms with E-state index < -0.39 is 9.84 Å². The maximum Gasteiger partial charge on any atom is 0.179 e. The van der Waals surface area contributed by atoms with E-state index in [1.54, 1.807) is 12.1 Å². The molecule has 0 aliphatic carbocycles. The van der Waals surface area contributed by atoms with Crippen LogP contribution in [0.2, 0.25) is 0 Å². The lowest BCUT2D eigenvalue weighted by Crippen LogP contribution is -2.37. The minimum Gasteiger partial charge on any atom is -0.330 e. The molecule has 0 radical (unpaired) electrons. The van der Waals surface area contributed by atoms with Crippen LogP contribution in [-0.4, -0.2) is 20.7 Å². The molecular formula is C16H25NO2S. The molecule has 2 rings (SSSR count). The molecule has 4 heteroatoms. The Hall–Kier alpha value is -0.870. The number of sulfone groups is 1. The van der Waals surface area contributed by atoms with Crippen molar-refractivity contribution in [2.24, 2.45) is 11.1 Å². The summed E-state index contributed by atoms with van der Waals surface area (Å²) in [5.74, 6) is 0.270. The summed E-state index contributed by atoms with van der Waals surface area (Å²) in [6.07, 6.45) is 4.15. The second kappa shape index (κ2) is 5.86. The van der Waals surface area contributed by atoms with E-state index in [4.69, 9.17) is 5.73 Å². The van der Waals surface area contributed by atoms with Gasteiger partial charge in [0.1, 0.15) is 0 Å². The summed E-state index contributed by atoms with van der Waals surface area (Å²) in [6.45, 7) is 4.85. The zero-order valence-electron chi connectivity index (χ0n) is 12.4. The Balaban J connectivity index is 2.46. The molecular weight excluding hydrogens is 270 g/mol. The van der Waals surface area contributed by atoms with E-state index in [0.29, 0.717) is 11.4 Å². The van der Waals surface area contributed by atoms with Crippen molar-refractivity contribution >= 4 is 9.84 Å². The van der Waals surface area contributed by atoms with Crippen molar-refractivity contribution in [3.63, 3.8) is 0 Å². The van der Waals surface area contributed by atoms with Gasteiger partial charge in [0.2, 0.25) is 0 Å². The molecule has 20 heavy (non-hydrogen) atoms. The monoisotopic (exact) mass is 295 g/mol. The third-order valence-corrected chi connectivity index (χ3v) is 6.71. The number of hydrogen-bond acceptors (Lipinski definition) is 3. The molecule has 2 N–H and O–H groups in total. The number of rotatable bonds is 6. The first-order valence-corrected chi connectivity index (χ1v) is 9.17. The van der Waals surface area contributed by atoms with Gasteiger partial charge in [0.25, 0.3) is 0 Å². The SMILES string of the molecule is CCCCC(CC)(CN)C1CS(=O)(=O)c2ccccc21. The van der Waals surface area contributed by atoms with Gasteiger partial charge in [-0.15, -0.1) is 0 Å². The highest BCUT2D eigenvalue weighted by atomic mass is 32.2. The second-order valence-electron chi connectivity index (χ2n) is 5.90. The number of fused-ring (bicyclic) bond motifs is 1. The maximum atomic E-state index is 12.4. The lowest BCUT2D eigenvalue weighted by atomic mass is 9.68. The molecule has 1 heterocycles. The number of benzene rings is 1. The summed E-state index contributed by atoms with van der Waals surface area (Å²) >= 11 is 0. The molecule has 0 saturated heterocycles. The van der Waals surface area contributed by atoms with Gasteiger partial charge in [-0.2, -0.15) is 0 Å². The summed E-state index contributed by atoms with van der Waals surface area (Å²) in [5, 5.41) is 0. The van der Waals surface area contributed by atoms with Gasteiger partial charge in [0.15, 0.2) is 9.84 Å². The van der Waals surface area contributed by atoms with Crippen molar-refractivity contribution in [2.45, 2.75) is 50.3 Å². The lowest BCUT2D eigenvalue weighted by Gasteiger charge is -2.37. The zero-order valence-corrected chi connectivity index (χ0v) is 13.2. The molecule has 0 aromatic heterocycles. The quantitative estimate of drug-likeness (QED) is 0.877. The van der Waals surface area contributed by atoms with Crippen molar-refractivity contribution < 1.29 is 8.42 Å². The molecule has 1 aromatic rings. The average Bonchev–Trinajstić information content (AvgIpc) is 2.74. The summed E-state index contributed by atoms with van der Waals surface area (Å²) in [7, 11) is -3.14. The molecule has 2 atom stereocenters. The maximum absolute atomic E-state index is 12.4. The van der Waals surface area contributed by atoms with Gasteiger partial charge in [-0.25, -0.2) is 8.42 Å². The minimum absolute atomic E-state index is 0.0465. The predicted molar refractivity (Wildman–Crippen MR) is 82.5 cm³/mol. The molecule has 0 amide bonds. The Morgan fingerprint density at radius 3 is 2.60 bits per heavy atom. The molecule has 0 bridgehead atoms. The third kappa shape index (κ3) is 2.51. The van der Waals surface area contributed by atoms with Gasteiger partial charge in [-0.3, -0.25) is 0 Å². The van der Waals surface area contributed by atoms with E-state index >= 15 is 0 Å². The first-order valence-electron chi connectivity index (χ1n) is 7.52. The number of nitrogens with two attached hydrogens (primary N) is 1. The first-order chi connectivity index (χ1) is 9.50. The van der Waals surface area contributed by atoms with Crippen LogP contribution >= 0.6 is 0 Å². The van der Waals surface area contributed by atoms with E-state index in [9.17, 15) is 8.42 Å². The summed E-state index contributed by atoms with van der Waals surface area (Å²) in [4.78, 5) is 0.521. The number of hydrogen-bond donors (Lipinski definition) is 1. The van der Waals surface area contributed by atoms with Crippen LogP contribution in [0.5, 0.6) is 0 Å². The second-order valence-corrected chi connectivity index (χ2v) is 7.90. The molecule has 0 spiro atoms. The highest BCUT2D eigenvalue weighted by molar-refractivity contribution is 7.91. The fourth-order valence-corrected chi connectivity index (χ4v) is 5.48. The van der Waals surface area contributed by atoms with Gasteiger partial charge in [0.05, 0.1) is 10.6 Å². The minimum atomic E-state index is -3.14.